The Morgan fingerprint density at radius 1 is 1.33 bits per heavy atom. The standard InChI is InChI=1S/C9H8N6/c10-15-12-5-7-1-3-8(4-2-7)9-11-6-13-14-9/h1-4,6H,5H2,(H,11,13,14). The molecule has 1 N–H and O–H groups in total. The van der Waals surface area contributed by atoms with Crippen molar-refractivity contribution in [3.63, 3.8) is 0 Å². The molecule has 0 saturated heterocycles. The second-order valence-corrected chi connectivity index (χ2v) is 2.92. The van der Waals surface area contributed by atoms with Gasteiger partial charge in [0.15, 0.2) is 5.82 Å². The van der Waals surface area contributed by atoms with Crippen molar-refractivity contribution in [1.82, 2.24) is 15.2 Å². The molecule has 0 spiro atoms. The summed E-state index contributed by atoms with van der Waals surface area (Å²) in [6, 6.07) is 7.60. The average molecular weight is 200 g/mol. The summed E-state index contributed by atoms with van der Waals surface area (Å²) in [5.41, 5.74) is 10.1. The average Bonchev–Trinajstić information content (AvgIpc) is 2.80. The van der Waals surface area contributed by atoms with Gasteiger partial charge in [-0.25, -0.2) is 4.98 Å². The first-order chi connectivity index (χ1) is 7.40. The van der Waals surface area contributed by atoms with Gasteiger partial charge >= 0.3 is 0 Å². The van der Waals surface area contributed by atoms with Gasteiger partial charge in [-0.15, -0.1) is 0 Å². The van der Waals surface area contributed by atoms with Crippen molar-refractivity contribution in [3.8, 4) is 11.4 Å². The third-order valence-corrected chi connectivity index (χ3v) is 1.96. The number of benzene rings is 1. The van der Waals surface area contributed by atoms with Gasteiger partial charge in [0.1, 0.15) is 6.33 Å². The molecule has 6 nitrogen and oxygen atoms in total. The van der Waals surface area contributed by atoms with Gasteiger partial charge < -0.3 is 0 Å². The summed E-state index contributed by atoms with van der Waals surface area (Å²) in [5, 5.41) is 10.0. The molecule has 74 valence electrons. The highest BCUT2D eigenvalue weighted by Gasteiger charge is 1.99. The SMILES string of the molecule is [N-]=[N+]=NCc1ccc(-c2ncn[nH]2)cc1. The molecule has 1 aromatic carbocycles. The summed E-state index contributed by atoms with van der Waals surface area (Å²) < 4.78 is 0. The molecule has 0 radical (unpaired) electrons. The van der Waals surface area contributed by atoms with Crippen molar-refractivity contribution in [1.29, 1.82) is 0 Å². The fourth-order valence-electron chi connectivity index (χ4n) is 1.23. The maximum absolute atomic E-state index is 8.17. The van der Waals surface area contributed by atoms with Crippen molar-refractivity contribution in [2.24, 2.45) is 5.11 Å². The van der Waals surface area contributed by atoms with E-state index in [1.807, 2.05) is 24.3 Å². The van der Waals surface area contributed by atoms with Crippen LogP contribution >= 0.6 is 0 Å². The van der Waals surface area contributed by atoms with Crippen LogP contribution in [0.5, 0.6) is 0 Å². The monoisotopic (exact) mass is 200 g/mol. The Morgan fingerprint density at radius 2 is 2.13 bits per heavy atom. The number of rotatable bonds is 3. The summed E-state index contributed by atoms with van der Waals surface area (Å²) in [5.74, 6) is 0.727. The number of hydrogen-bond donors (Lipinski definition) is 1. The highest BCUT2D eigenvalue weighted by molar-refractivity contribution is 5.54. The zero-order valence-corrected chi connectivity index (χ0v) is 7.83. The number of azide groups is 1. The minimum absolute atomic E-state index is 0.368. The van der Waals surface area contributed by atoms with E-state index in [-0.39, 0.29) is 0 Å². The van der Waals surface area contributed by atoms with E-state index < -0.39 is 0 Å². The second kappa shape index (κ2) is 4.26. The summed E-state index contributed by atoms with van der Waals surface area (Å²) >= 11 is 0. The maximum Gasteiger partial charge on any atom is 0.155 e. The third kappa shape index (κ3) is 2.12. The predicted octanol–water partition coefficient (Wildman–Crippen LogP) is 2.28. The topological polar surface area (TPSA) is 90.3 Å². The number of nitrogens with zero attached hydrogens (tertiary/aromatic N) is 5. The highest BCUT2D eigenvalue weighted by atomic mass is 15.2. The first-order valence-corrected chi connectivity index (χ1v) is 4.35. The lowest BCUT2D eigenvalue weighted by molar-refractivity contribution is 1.05. The molecule has 0 bridgehead atoms. The Bertz CT molecular complexity index is 466. The van der Waals surface area contributed by atoms with E-state index in [1.54, 1.807) is 0 Å². The molecule has 2 rings (SSSR count). The molecule has 6 heteroatoms. The van der Waals surface area contributed by atoms with Gasteiger partial charge in [0.25, 0.3) is 0 Å². The number of aromatic nitrogens is 3. The van der Waals surface area contributed by atoms with E-state index in [1.165, 1.54) is 6.33 Å². The highest BCUT2D eigenvalue weighted by Crippen LogP contribution is 2.14. The van der Waals surface area contributed by atoms with Gasteiger partial charge in [-0.05, 0) is 11.1 Å². The molecule has 0 aliphatic heterocycles. The van der Waals surface area contributed by atoms with E-state index in [9.17, 15) is 0 Å². The predicted molar refractivity (Wildman–Crippen MR) is 54.7 cm³/mol. The molecule has 0 aliphatic carbocycles. The van der Waals surface area contributed by atoms with Gasteiger partial charge in [-0.1, -0.05) is 29.4 Å². The minimum Gasteiger partial charge on any atom is -0.259 e. The zero-order chi connectivity index (χ0) is 10.5. The van der Waals surface area contributed by atoms with Crippen molar-refractivity contribution in [2.75, 3.05) is 0 Å². The molecule has 0 saturated carbocycles. The Morgan fingerprint density at radius 3 is 2.73 bits per heavy atom. The van der Waals surface area contributed by atoms with Crippen LogP contribution in [-0.2, 0) is 6.54 Å². The van der Waals surface area contributed by atoms with E-state index in [0.717, 1.165) is 17.0 Å². The van der Waals surface area contributed by atoms with Crippen molar-refractivity contribution in [2.45, 2.75) is 6.54 Å². The van der Waals surface area contributed by atoms with E-state index in [0.29, 0.717) is 6.54 Å². The molecule has 1 heterocycles. The van der Waals surface area contributed by atoms with Crippen molar-refractivity contribution < 1.29 is 0 Å². The van der Waals surface area contributed by atoms with Gasteiger partial charge in [-0.3, -0.25) is 5.10 Å². The number of hydrogen-bond acceptors (Lipinski definition) is 3. The maximum atomic E-state index is 8.17. The van der Waals surface area contributed by atoms with Crippen LogP contribution in [-0.4, -0.2) is 15.2 Å². The molecule has 0 atom stereocenters. The Hall–Kier alpha value is -2.33. The molecule has 15 heavy (non-hydrogen) atoms. The van der Waals surface area contributed by atoms with Crippen LogP contribution < -0.4 is 0 Å². The fourth-order valence-corrected chi connectivity index (χ4v) is 1.23. The first-order valence-electron chi connectivity index (χ1n) is 4.35. The van der Waals surface area contributed by atoms with E-state index in [2.05, 4.69) is 25.2 Å². The van der Waals surface area contributed by atoms with Crippen LogP contribution in [0.2, 0.25) is 0 Å². The lowest BCUT2D eigenvalue weighted by atomic mass is 10.1. The largest absolute Gasteiger partial charge is 0.259 e. The van der Waals surface area contributed by atoms with Crippen LogP contribution in [0.4, 0.5) is 0 Å². The van der Waals surface area contributed by atoms with Crippen LogP contribution in [0.15, 0.2) is 35.7 Å². The molecule has 0 amide bonds. The fraction of sp³-hybridized carbons (Fsp3) is 0.111. The third-order valence-electron chi connectivity index (χ3n) is 1.96. The van der Waals surface area contributed by atoms with E-state index >= 15 is 0 Å². The normalized spacial score (nSPS) is 9.60. The van der Waals surface area contributed by atoms with Crippen LogP contribution in [0, 0.1) is 0 Å². The van der Waals surface area contributed by atoms with E-state index in [4.69, 9.17) is 5.53 Å². The summed E-state index contributed by atoms with van der Waals surface area (Å²) in [7, 11) is 0. The molecule has 0 fully saturated rings. The second-order valence-electron chi connectivity index (χ2n) is 2.92. The first kappa shape index (κ1) is 9.23. The molecular formula is C9H8N6. The van der Waals surface area contributed by atoms with Crippen molar-refractivity contribution in [3.05, 3.63) is 46.6 Å². The number of aromatic amines is 1. The Balaban J connectivity index is 2.21. The number of nitrogens with one attached hydrogen (secondary N) is 1. The smallest absolute Gasteiger partial charge is 0.155 e. The minimum atomic E-state index is 0.368. The van der Waals surface area contributed by atoms with Gasteiger partial charge in [0, 0.05) is 10.5 Å². The lowest BCUT2D eigenvalue weighted by Crippen LogP contribution is -1.83. The molecule has 0 aliphatic rings. The van der Waals surface area contributed by atoms with Gasteiger partial charge in [0.05, 0.1) is 6.54 Å². The zero-order valence-electron chi connectivity index (χ0n) is 7.83. The molecule has 1 aromatic heterocycles. The summed E-state index contributed by atoms with van der Waals surface area (Å²) in [6.45, 7) is 0.368. The quantitative estimate of drug-likeness (QED) is 0.467. The molecule has 0 unspecified atom stereocenters. The number of H-pyrrole nitrogens is 1. The lowest BCUT2D eigenvalue weighted by Gasteiger charge is -1.98. The Labute approximate surface area is 85.6 Å². The van der Waals surface area contributed by atoms with Crippen molar-refractivity contribution >= 4 is 0 Å². The Kier molecular flexibility index (Phi) is 2.62. The van der Waals surface area contributed by atoms with Crippen LogP contribution in [0.25, 0.3) is 21.8 Å². The molecular weight excluding hydrogens is 192 g/mol. The molecule has 2 aromatic rings. The summed E-state index contributed by atoms with van der Waals surface area (Å²) in [6.07, 6.45) is 1.46. The van der Waals surface area contributed by atoms with Crippen LogP contribution in [0.1, 0.15) is 5.56 Å². The van der Waals surface area contributed by atoms with Gasteiger partial charge in [-0.2, -0.15) is 5.10 Å². The summed E-state index contributed by atoms with van der Waals surface area (Å²) in [4.78, 5) is 6.73. The van der Waals surface area contributed by atoms with Crippen LogP contribution in [0.3, 0.4) is 0 Å². The van der Waals surface area contributed by atoms with Gasteiger partial charge in [0.2, 0.25) is 0 Å².